The predicted molar refractivity (Wildman–Crippen MR) is 83.2 cm³/mol. The van der Waals surface area contributed by atoms with Crippen molar-refractivity contribution in [2.45, 2.75) is 8.66 Å². The summed E-state index contributed by atoms with van der Waals surface area (Å²) >= 11 is 3.19. The molecule has 1 heterocycles. The Morgan fingerprint density at radius 3 is 2.40 bits per heavy atom. The van der Waals surface area contributed by atoms with Crippen LogP contribution in [-0.2, 0) is 10.8 Å². The summed E-state index contributed by atoms with van der Waals surface area (Å²) in [6.07, 6.45) is 0. The second-order valence-electron chi connectivity index (χ2n) is 4.00. The van der Waals surface area contributed by atoms with E-state index in [-0.39, 0.29) is 14.7 Å². The van der Waals surface area contributed by atoms with Gasteiger partial charge in [0.2, 0.25) is 0 Å². The Labute approximate surface area is 133 Å². The van der Waals surface area contributed by atoms with E-state index in [1.165, 1.54) is 0 Å². The Bertz CT molecular complexity index is 743. The normalized spacial score (nSPS) is 12.2. The van der Waals surface area contributed by atoms with Crippen LogP contribution < -0.4 is 0 Å². The quantitative estimate of drug-likeness (QED) is 0.621. The van der Waals surface area contributed by atoms with Gasteiger partial charge in [-0.3, -0.25) is 0 Å². The molecule has 0 radical (unpaired) electrons. The van der Waals surface area contributed by atoms with Gasteiger partial charge in [0.25, 0.3) is 0 Å². The first-order valence-corrected chi connectivity index (χ1v) is 9.37. The maximum absolute atomic E-state index is 12.7. The Balaban J connectivity index is 2.02. The molecule has 0 fully saturated rings. The van der Waals surface area contributed by atoms with Crippen LogP contribution in [0, 0.1) is 0 Å². The van der Waals surface area contributed by atoms with Gasteiger partial charge in [-0.2, -0.15) is 0 Å². The van der Waals surface area contributed by atoms with Crippen LogP contribution in [0.2, 0.25) is 0 Å². The molecule has 0 N–H and O–H groups in total. The number of nitrogens with zero attached hydrogens (tertiary/aromatic N) is 2. The number of hydrogen-bond donors (Lipinski definition) is 0. The predicted octanol–water partition coefficient (Wildman–Crippen LogP) is 3.13. The zero-order chi connectivity index (χ0) is 13.9. The fraction of sp³-hybridized carbons (Fsp3) is 0. The van der Waals surface area contributed by atoms with E-state index >= 15 is 0 Å². The third-order valence-electron chi connectivity index (χ3n) is 2.70. The Morgan fingerprint density at radius 2 is 1.70 bits per heavy atom. The molecule has 0 saturated carbocycles. The molecule has 6 heteroatoms. The van der Waals surface area contributed by atoms with Gasteiger partial charge >= 0.3 is 134 Å². The van der Waals surface area contributed by atoms with Crippen molar-refractivity contribution in [3.63, 3.8) is 0 Å². The van der Waals surface area contributed by atoms with E-state index in [4.69, 9.17) is 0 Å². The van der Waals surface area contributed by atoms with Crippen LogP contribution in [-0.4, -0.2) is 28.1 Å². The van der Waals surface area contributed by atoms with Crippen molar-refractivity contribution in [3.05, 3.63) is 59.1 Å². The Morgan fingerprint density at radius 1 is 1.00 bits per heavy atom. The molecule has 20 heavy (non-hydrogen) atoms. The minimum atomic E-state index is -1.20. The summed E-state index contributed by atoms with van der Waals surface area (Å²) in [5.74, 6) is 0. The van der Waals surface area contributed by atoms with E-state index in [0.29, 0.717) is 0 Å². The molecule has 0 aliphatic carbocycles. The van der Waals surface area contributed by atoms with Crippen LogP contribution in [0.3, 0.4) is 0 Å². The zero-order valence-electron chi connectivity index (χ0n) is 10.2. The van der Waals surface area contributed by atoms with Gasteiger partial charge in [-0.05, 0) is 0 Å². The molecule has 1 atom stereocenters. The zero-order valence-corrected chi connectivity index (χ0v) is 14.3. The first-order valence-electron chi connectivity index (χ1n) is 5.81. The van der Waals surface area contributed by atoms with E-state index in [1.54, 1.807) is 0 Å². The van der Waals surface area contributed by atoms with Gasteiger partial charge in [-0.25, -0.2) is 0 Å². The van der Waals surface area contributed by atoms with E-state index in [9.17, 15) is 4.21 Å². The molecule has 3 nitrogen and oxygen atoms in total. The molecule has 2 aromatic carbocycles. The summed E-state index contributed by atoms with van der Waals surface area (Å²) in [5, 5.41) is 4.18. The van der Waals surface area contributed by atoms with Crippen LogP contribution >= 0.6 is 15.9 Å². The summed E-state index contributed by atoms with van der Waals surface area (Å²) in [5.41, 5.74) is 1.72. The molecule has 0 bridgehead atoms. The van der Waals surface area contributed by atoms with E-state index < -0.39 is 10.8 Å². The van der Waals surface area contributed by atoms with Crippen molar-refractivity contribution >= 4 is 41.5 Å². The molecule has 1 unspecified atom stereocenters. The summed E-state index contributed by atoms with van der Waals surface area (Å²) in [6, 6.07) is 17.3. The van der Waals surface area contributed by atoms with Gasteiger partial charge in [-0.1, -0.05) is 0 Å². The van der Waals surface area contributed by atoms with E-state index in [1.807, 2.05) is 54.6 Å². The standard InChI is InChI=1S/C14H9BrN2OSSe/c15-11-6-8-12(9-7-11)19(18)14-13(16-17-20-14)10-4-2-1-3-5-10/h1-9H. The second kappa shape index (κ2) is 6.14. The van der Waals surface area contributed by atoms with Crippen molar-refractivity contribution in [2.24, 2.45) is 0 Å². The molecular weight excluding hydrogens is 403 g/mol. The molecule has 3 aromatic rings. The third-order valence-corrected chi connectivity index (χ3v) is 6.90. The van der Waals surface area contributed by atoms with Crippen LogP contribution in [0.15, 0.2) is 67.7 Å². The van der Waals surface area contributed by atoms with Crippen molar-refractivity contribution in [1.29, 1.82) is 0 Å². The first kappa shape index (κ1) is 13.9. The van der Waals surface area contributed by atoms with Gasteiger partial charge in [-0.15, -0.1) is 0 Å². The summed E-state index contributed by atoms with van der Waals surface area (Å²) in [7, 11) is -1.20. The van der Waals surface area contributed by atoms with Crippen molar-refractivity contribution in [2.75, 3.05) is 0 Å². The van der Waals surface area contributed by atoms with Crippen molar-refractivity contribution in [1.82, 2.24) is 9.19 Å². The van der Waals surface area contributed by atoms with E-state index in [0.717, 1.165) is 24.4 Å². The molecule has 1 aromatic heterocycles. The Kier molecular flexibility index (Phi) is 4.26. The van der Waals surface area contributed by atoms with Gasteiger partial charge in [0.15, 0.2) is 0 Å². The maximum atomic E-state index is 12.7. The number of hydrogen-bond acceptors (Lipinski definition) is 3. The van der Waals surface area contributed by atoms with E-state index in [2.05, 4.69) is 25.1 Å². The second-order valence-corrected chi connectivity index (χ2v) is 8.50. The molecule has 0 saturated heterocycles. The molecular formula is C14H9BrN2OSSe. The van der Waals surface area contributed by atoms with Crippen LogP contribution in [0.25, 0.3) is 11.3 Å². The van der Waals surface area contributed by atoms with Crippen LogP contribution in [0.1, 0.15) is 0 Å². The molecule has 100 valence electrons. The fourth-order valence-corrected chi connectivity index (χ4v) is 5.14. The summed E-state index contributed by atoms with van der Waals surface area (Å²) in [6.45, 7) is 0. The van der Waals surface area contributed by atoms with Crippen LogP contribution in [0.5, 0.6) is 0 Å². The first-order chi connectivity index (χ1) is 9.75. The topological polar surface area (TPSA) is 42.9 Å². The fourth-order valence-electron chi connectivity index (χ4n) is 1.74. The molecule has 0 amide bonds. The molecule has 0 spiro atoms. The molecule has 0 aliphatic heterocycles. The monoisotopic (exact) mass is 412 g/mol. The summed E-state index contributed by atoms with van der Waals surface area (Å²) in [4.78, 5) is 0.783. The van der Waals surface area contributed by atoms with Crippen molar-refractivity contribution in [3.8, 4) is 11.3 Å². The van der Waals surface area contributed by atoms with Crippen LogP contribution in [0.4, 0.5) is 0 Å². The van der Waals surface area contributed by atoms with Gasteiger partial charge in [0.1, 0.15) is 0 Å². The third kappa shape index (κ3) is 2.83. The minimum absolute atomic E-state index is 0.191. The summed E-state index contributed by atoms with van der Waals surface area (Å²) < 4.78 is 18.6. The Hall–Kier alpha value is -1.07. The number of benzene rings is 2. The average Bonchev–Trinajstić information content (AvgIpc) is 2.97. The molecule has 0 aliphatic rings. The van der Waals surface area contributed by atoms with Gasteiger partial charge in [0, 0.05) is 0 Å². The number of aromatic nitrogens is 2. The van der Waals surface area contributed by atoms with Crippen molar-refractivity contribution < 1.29 is 4.21 Å². The SMILES string of the molecule is O=S(c1ccc(Br)cc1)c1[se]nnc1-c1ccccc1. The average molecular weight is 412 g/mol. The molecule has 3 rings (SSSR count). The van der Waals surface area contributed by atoms with Gasteiger partial charge in [0.05, 0.1) is 0 Å². The van der Waals surface area contributed by atoms with Gasteiger partial charge < -0.3 is 0 Å². The number of rotatable bonds is 3. The number of halogens is 1.